The van der Waals surface area contributed by atoms with E-state index in [-0.39, 0.29) is 11.7 Å². The van der Waals surface area contributed by atoms with E-state index in [2.05, 4.69) is 19.0 Å². The first-order valence-corrected chi connectivity index (χ1v) is 7.21. The van der Waals surface area contributed by atoms with E-state index >= 15 is 0 Å². The first-order valence-electron chi connectivity index (χ1n) is 7.21. The lowest BCUT2D eigenvalue weighted by Gasteiger charge is -2.33. The summed E-state index contributed by atoms with van der Waals surface area (Å²) >= 11 is 0. The summed E-state index contributed by atoms with van der Waals surface area (Å²) in [5.41, 5.74) is 1.42. The van der Waals surface area contributed by atoms with Crippen molar-refractivity contribution in [1.82, 2.24) is 9.80 Å². The number of likely N-dealkylation sites (tertiary alicyclic amines) is 1. The molecule has 4 nitrogen and oxygen atoms in total. The molecule has 0 atom stereocenters. The summed E-state index contributed by atoms with van der Waals surface area (Å²) in [5.74, 6) is 0.700. The molecule has 1 aliphatic rings. The number of phenolic OH excluding ortho intramolecular Hbond substituents is 1. The molecule has 2 rings (SSSR count). The second kappa shape index (κ2) is 6.27. The van der Waals surface area contributed by atoms with Crippen molar-refractivity contribution < 1.29 is 9.90 Å². The minimum atomic E-state index is -0.0468. The number of rotatable bonds is 3. The number of benzene rings is 1. The molecule has 1 aliphatic heterocycles. The molecular formula is C16H24N2O2. The predicted molar refractivity (Wildman–Crippen MR) is 80.0 cm³/mol. The third kappa shape index (κ3) is 3.51. The molecule has 0 saturated carbocycles. The Kier molecular flexibility index (Phi) is 4.65. The molecule has 1 heterocycles. The van der Waals surface area contributed by atoms with Crippen molar-refractivity contribution >= 4 is 5.91 Å². The number of nitrogens with zero attached hydrogens (tertiary/aromatic N) is 2. The Morgan fingerprint density at radius 3 is 2.60 bits per heavy atom. The Balaban J connectivity index is 2.00. The van der Waals surface area contributed by atoms with Crippen LogP contribution in [0.25, 0.3) is 0 Å². The summed E-state index contributed by atoms with van der Waals surface area (Å²) < 4.78 is 0. The molecule has 1 fully saturated rings. The summed E-state index contributed by atoms with van der Waals surface area (Å²) in [5, 5.41) is 9.85. The lowest BCUT2D eigenvalue weighted by atomic mass is 9.95. The van der Waals surface area contributed by atoms with E-state index in [4.69, 9.17) is 0 Å². The smallest absolute Gasteiger partial charge is 0.257 e. The van der Waals surface area contributed by atoms with E-state index < -0.39 is 0 Å². The van der Waals surface area contributed by atoms with Crippen LogP contribution in [0.15, 0.2) is 18.2 Å². The Morgan fingerprint density at radius 2 is 2.00 bits per heavy atom. The van der Waals surface area contributed by atoms with E-state index in [0.717, 1.165) is 38.0 Å². The quantitative estimate of drug-likeness (QED) is 0.919. The first kappa shape index (κ1) is 14.9. The van der Waals surface area contributed by atoms with Crippen LogP contribution in [0, 0.1) is 12.8 Å². The highest BCUT2D eigenvalue weighted by atomic mass is 16.3. The average molecular weight is 276 g/mol. The molecule has 1 saturated heterocycles. The zero-order valence-corrected chi connectivity index (χ0v) is 12.6. The fraction of sp³-hybridized carbons (Fsp3) is 0.562. The van der Waals surface area contributed by atoms with Gasteiger partial charge in [-0.3, -0.25) is 4.79 Å². The SMILES string of the molecule is Cc1ccc(O)c(C(=O)N2CCC(CN(C)C)CC2)c1. The zero-order valence-electron chi connectivity index (χ0n) is 12.6. The maximum atomic E-state index is 12.5. The Hall–Kier alpha value is -1.55. The van der Waals surface area contributed by atoms with Gasteiger partial charge in [0.25, 0.3) is 5.91 Å². The highest BCUT2D eigenvalue weighted by molar-refractivity contribution is 5.97. The van der Waals surface area contributed by atoms with Crippen molar-refractivity contribution in [2.45, 2.75) is 19.8 Å². The van der Waals surface area contributed by atoms with Crippen molar-refractivity contribution in [3.8, 4) is 5.75 Å². The number of carbonyl (C=O) groups is 1. The van der Waals surface area contributed by atoms with Gasteiger partial charge in [-0.05, 0) is 51.9 Å². The molecule has 4 heteroatoms. The second-order valence-corrected chi connectivity index (χ2v) is 6.02. The monoisotopic (exact) mass is 276 g/mol. The number of hydrogen-bond donors (Lipinski definition) is 1. The summed E-state index contributed by atoms with van der Waals surface area (Å²) in [6.45, 7) is 4.58. The third-order valence-electron chi connectivity index (χ3n) is 3.91. The van der Waals surface area contributed by atoms with Gasteiger partial charge in [0.2, 0.25) is 0 Å². The van der Waals surface area contributed by atoms with Crippen LogP contribution in [0.2, 0.25) is 0 Å². The van der Waals surface area contributed by atoms with Crippen LogP contribution in [0.1, 0.15) is 28.8 Å². The van der Waals surface area contributed by atoms with E-state index in [1.807, 2.05) is 17.9 Å². The van der Waals surface area contributed by atoms with Crippen molar-refractivity contribution in [2.24, 2.45) is 5.92 Å². The highest BCUT2D eigenvalue weighted by Gasteiger charge is 2.25. The van der Waals surface area contributed by atoms with E-state index in [9.17, 15) is 9.90 Å². The van der Waals surface area contributed by atoms with Gasteiger partial charge < -0.3 is 14.9 Å². The number of aromatic hydroxyl groups is 1. The molecule has 0 aliphatic carbocycles. The van der Waals surface area contributed by atoms with Crippen LogP contribution in [0.5, 0.6) is 5.75 Å². The zero-order chi connectivity index (χ0) is 14.7. The summed E-state index contributed by atoms with van der Waals surface area (Å²) in [6.07, 6.45) is 2.08. The minimum absolute atomic E-state index is 0.0468. The molecule has 0 spiro atoms. The number of hydrogen-bond acceptors (Lipinski definition) is 3. The molecule has 0 unspecified atom stereocenters. The van der Waals surface area contributed by atoms with Crippen LogP contribution in [0.3, 0.4) is 0 Å². The van der Waals surface area contributed by atoms with Crippen LogP contribution < -0.4 is 0 Å². The lowest BCUT2D eigenvalue weighted by molar-refractivity contribution is 0.0675. The minimum Gasteiger partial charge on any atom is -0.507 e. The summed E-state index contributed by atoms with van der Waals surface area (Å²) in [7, 11) is 4.17. The molecule has 1 aromatic carbocycles. The fourth-order valence-electron chi connectivity index (χ4n) is 2.83. The first-order chi connectivity index (χ1) is 9.47. The van der Waals surface area contributed by atoms with Crippen LogP contribution in [-0.2, 0) is 0 Å². The van der Waals surface area contributed by atoms with Gasteiger partial charge in [0.1, 0.15) is 5.75 Å². The van der Waals surface area contributed by atoms with Crippen molar-refractivity contribution in [3.05, 3.63) is 29.3 Å². The Morgan fingerprint density at radius 1 is 1.35 bits per heavy atom. The topological polar surface area (TPSA) is 43.8 Å². The van der Waals surface area contributed by atoms with E-state index in [0.29, 0.717) is 11.5 Å². The Labute approximate surface area is 121 Å². The normalized spacial score (nSPS) is 16.7. The van der Waals surface area contributed by atoms with Gasteiger partial charge in [0.15, 0.2) is 0 Å². The van der Waals surface area contributed by atoms with Gasteiger partial charge in [0.05, 0.1) is 5.56 Å². The third-order valence-corrected chi connectivity index (χ3v) is 3.91. The van der Waals surface area contributed by atoms with Crippen LogP contribution in [-0.4, -0.2) is 54.5 Å². The van der Waals surface area contributed by atoms with Crippen molar-refractivity contribution in [2.75, 3.05) is 33.7 Å². The van der Waals surface area contributed by atoms with Gasteiger partial charge in [-0.25, -0.2) is 0 Å². The molecule has 110 valence electrons. The largest absolute Gasteiger partial charge is 0.507 e. The van der Waals surface area contributed by atoms with Gasteiger partial charge in [-0.15, -0.1) is 0 Å². The van der Waals surface area contributed by atoms with Gasteiger partial charge in [-0.1, -0.05) is 11.6 Å². The van der Waals surface area contributed by atoms with Crippen LogP contribution >= 0.6 is 0 Å². The number of piperidine rings is 1. The molecular weight excluding hydrogens is 252 g/mol. The molecule has 0 aromatic heterocycles. The molecule has 0 bridgehead atoms. The average Bonchev–Trinajstić information content (AvgIpc) is 2.41. The standard InChI is InChI=1S/C16H24N2O2/c1-12-4-5-15(19)14(10-12)16(20)18-8-6-13(7-9-18)11-17(2)3/h4-5,10,13,19H,6-9,11H2,1-3H3. The molecule has 1 amide bonds. The van der Waals surface area contributed by atoms with E-state index in [1.165, 1.54) is 0 Å². The summed E-state index contributed by atoms with van der Waals surface area (Å²) in [6, 6.07) is 5.18. The van der Waals surface area contributed by atoms with Gasteiger partial charge >= 0.3 is 0 Å². The molecule has 0 radical (unpaired) electrons. The molecule has 1 aromatic rings. The molecule has 20 heavy (non-hydrogen) atoms. The highest BCUT2D eigenvalue weighted by Crippen LogP contribution is 2.24. The summed E-state index contributed by atoms with van der Waals surface area (Å²) in [4.78, 5) is 16.5. The van der Waals surface area contributed by atoms with Gasteiger partial charge in [-0.2, -0.15) is 0 Å². The maximum Gasteiger partial charge on any atom is 0.257 e. The molecule has 1 N–H and O–H groups in total. The van der Waals surface area contributed by atoms with E-state index in [1.54, 1.807) is 12.1 Å². The predicted octanol–water partition coefficient (Wildman–Crippen LogP) is 2.11. The van der Waals surface area contributed by atoms with Crippen molar-refractivity contribution in [1.29, 1.82) is 0 Å². The maximum absolute atomic E-state index is 12.5. The van der Waals surface area contributed by atoms with Crippen LogP contribution in [0.4, 0.5) is 0 Å². The number of aryl methyl sites for hydroxylation is 1. The fourth-order valence-corrected chi connectivity index (χ4v) is 2.83. The number of carbonyl (C=O) groups excluding carboxylic acids is 1. The second-order valence-electron chi connectivity index (χ2n) is 6.02. The lowest BCUT2D eigenvalue weighted by Crippen LogP contribution is -2.40. The van der Waals surface area contributed by atoms with Gasteiger partial charge in [0, 0.05) is 19.6 Å². The Bertz CT molecular complexity index is 477. The van der Waals surface area contributed by atoms with Crippen molar-refractivity contribution in [3.63, 3.8) is 0 Å². The number of amides is 1. The number of phenols is 1.